The first-order valence-corrected chi connectivity index (χ1v) is 8.04. The van der Waals surface area contributed by atoms with E-state index in [1.807, 2.05) is 13.0 Å². The third kappa shape index (κ3) is 4.63. The molecule has 0 spiro atoms. The zero-order valence-corrected chi connectivity index (χ0v) is 15.1. The summed E-state index contributed by atoms with van der Waals surface area (Å²) in [7, 11) is 0. The van der Waals surface area contributed by atoms with Crippen LogP contribution in [-0.4, -0.2) is 10.8 Å². The number of benzene rings is 2. The summed E-state index contributed by atoms with van der Waals surface area (Å²) in [6.45, 7) is 10.3. The highest BCUT2D eigenvalue weighted by Crippen LogP contribution is 2.16. The van der Waals surface area contributed by atoms with Gasteiger partial charge in [-0.25, -0.2) is 0 Å². The lowest BCUT2D eigenvalue weighted by Crippen LogP contribution is -2.25. The summed E-state index contributed by atoms with van der Waals surface area (Å²) in [4.78, 5) is 0. The average Bonchev–Trinajstić information content (AvgIpc) is 2.50. The molecule has 2 aromatic rings. The molecule has 0 aliphatic carbocycles. The van der Waals surface area contributed by atoms with Crippen LogP contribution < -0.4 is 10.7 Å². The Morgan fingerprint density at radius 1 is 0.913 bits per heavy atom. The highest BCUT2D eigenvalue weighted by molar-refractivity contribution is 7.80. The monoisotopic (exact) mass is 325 g/mol. The smallest absolute Gasteiger partial charge is 0.191 e. The molecular formula is C19H23N3S. The van der Waals surface area contributed by atoms with Crippen molar-refractivity contribution in [2.75, 3.05) is 5.32 Å². The number of hydrogen-bond donors (Lipinski definition) is 2. The Kier molecular flexibility index (Phi) is 5.50. The maximum atomic E-state index is 5.31. The van der Waals surface area contributed by atoms with E-state index in [4.69, 9.17) is 12.2 Å². The lowest BCUT2D eigenvalue weighted by atomic mass is 10.0. The molecule has 0 saturated carbocycles. The van der Waals surface area contributed by atoms with Gasteiger partial charge in [-0.3, -0.25) is 5.43 Å². The first-order chi connectivity index (χ1) is 10.9. The number of anilines is 1. The molecule has 2 aromatic carbocycles. The van der Waals surface area contributed by atoms with Gasteiger partial charge in [-0.1, -0.05) is 29.8 Å². The van der Waals surface area contributed by atoms with E-state index >= 15 is 0 Å². The van der Waals surface area contributed by atoms with E-state index in [1.54, 1.807) is 0 Å². The third-order valence-electron chi connectivity index (χ3n) is 3.88. The van der Waals surface area contributed by atoms with Gasteiger partial charge in [0.05, 0.1) is 5.71 Å². The van der Waals surface area contributed by atoms with Crippen LogP contribution in [0.5, 0.6) is 0 Å². The van der Waals surface area contributed by atoms with E-state index in [0.29, 0.717) is 5.11 Å². The van der Waals surface area contributed by atoms with Crippen molar-refractivity contribution in [3.8, 4) is 0 Å². The van der Waals surface area contributed by atoms with Gasteiger partial charge in [-0.15, -0.1) is 0 Å². The van der Waals surface area contributed by atoms with E-state index < -0.39 is 0 Å². The maximum Gasteiger partial charge on any atom is 0.191 e. The Bertz CT molecular complexity index is 763. The molecule has 0 saturated heterocycles. The molecule has 0 heterocycles. The quantitative estimate of drug-likeness (QED) is 0.491. The van der Waals surface area contributed by atoms with Crippen molar-refractivity contribution in [2.24, 2.45) is 5.10 Å². The number of rotatable bonds is 3. The van der Waals surface area contributed by atoms with Crippen molar-refractivity contribution in [3.63, 3.8) is 0 Å². The number of hydrazone groups is 1. The molecule has 0 fully saturated rings. The molecule has 0 amide bonds. The van der Waals surface area contributed by atoms with Crippen molar-refractivity contribution in [2.45, 2.75) is 34.6 Å². The fourth-order valence-corrected chi connectivity index (χ4v) is 2.43. The van der Waals surface area contributed by atoms with Gasteiger partial charge in [0.1, 0.15) is 0 Å². The molecule has 3 nitrogen and oxygen atoms in total. The van der Waals surface area contributed by atoms with Gasteiger partial charge < -0.3 is 5.32 Å². The Labute approximate surface area is 143 Å². The lowest BCUT2D eigenvalue weighted by molar-refractivity contribution is 1.04. The van der Waals surface area contributed by atoms with Crippen molar-refractivity contribution in [1.29, 1.82) is 0 Å². The van der Waals surface area contributed by atoms with Crippen LogP contribution in [0.2, 0.25) is 0 Å². The predicted molar refractivity (Wildman–Crippen MR) is 103 cm³/mol. The summed E-state index contributed by atoms with van der Waals surface area (Å²) in [6, 6.07) is 12.5. The van der Waals surface area contributed by atoms with Gasteiger partial charge in [0.2, 0.25) is 0 Å². The first kappa shape index (κ1) is 17.2. The molecule has 0 aliphatic rings. The van der Waals surface area contributed by atoms with Crippen LogP contribution >= 0.6 is 12.2 Å². The summed E-state index contributed by atoms with van der Waals surface area (Å²) in [6.07, 6.45) is 0. The Morgan fingerprint density at radius 3 is 2.30 bits per heavy atom. The van der Waals surface area contributed by atoms with E-state index in [2.05, 4.69) is 73.9 Å². The zero-order valence-electron chi connectivity index (χ0n) is 14.3. The molecule has 0 unspecified atom stereocenters. The Hall–Kier alpha value is -2.20. The second kappa shape index (κ2) is 7.38. The number of nitrogens with zero attached hydrogens (tertiary/aromatic N) is 1. The fraction of sp³-hybridized carbons (Fsp3) is 0.263. The molecule has 0 bridgehead atoms. The van der Waals surface area contributed by atoms with Crippen molar-refractivity contribution >= 4 is 28.7 Å². The summed E-state index contributed by atoms with van der Waals surface area (Å²) >= 11 is 5.31. The van der Waals surface area contributed by atoms with E-state index in [-0.39, 0.29) is 0 Å². The van der Waals surface area contributed by atoms with Crippen LogP contribution in [0.25, 0.3) is 0 Å². The normalized spacial score (nSPS) is 11.3. The molecule has 23 heavy (non-hydrogen) atoms. The minimum Gasteiger partial charge on any atom is -0.331 e. The van der Waals surface area contributed by atoms with Crippen molar-refractivity contribution in [1.82, 2.24) is 5.43 Å². The second-order valence-electron chi connectivity index (χ2n) is 5.88. The summed E-state index contributed by atoms with van der Waals surface area (Å²) < 4.78 is 0. The van der Waals surface area contributed by atoms with Crippen LogP contribution in [0.3, 0.4) is 0 Å². The van der Waals surface area contributed by atoms with Crippen LogP contribution in [0.15, 0.2) is 41.5 Å². The standard InChI is InChI=1S/C19H23N3S/c1-12-6-9-18(15(4)10-12)20-19(23)22-21-16(5)17-8-7-13(2)14(3)11-17/h6-11H,1-5H3,(H2,20,22,23). The van der Waals surface area contributed by atoms with Crippen LogP contribution in [0.4, 0.5) is 5.69 Å². The minimum absolute atomic E-state index is 0.486. The van der Waals surface area contributed by atoms with Gasteiger partial charge in [0, 0.05) is 5.69 Å². The zero-order chi connectivity index (χ0) is 17.0. The number of hydrogen-bond acceptors (Lipinski definition) is 2. The van der Waals surface area contributed by atoms with Gasteiger partial charge in [0.25, 0.3) is 0 Å². The summed E-state index contributed by atoms with van der Waals surface area (Å²) in [5.74, 6) is 0. The minimum atomic E-state index is 0.486. The van der Waals surface area contributed by atoms with Crippen LogP contribution in [0, 0.1) is 27.7 Å². The molecule has 120 valence electrons. The number of aryl methyl sites for hydroxylation is 4. The molecule has 0 atom stereocenters. The van der Waals surface area contributed by atoms with E-state index in [9.17, 15) is 0 Å². The molecule has 0 aromatic heterocycles. The van der Waals surface area contributed by atoms with Gasteiger partial charge in [0.15, 0.2) is 5.11 Å². The third-order valence-corrected chi connectivity index (χ3v) is 4.07. The molecule has 4 heteroatoms. The molecular weight excluding hydrogens is 302 g/mol. The maximum absolute atomic E-state index is 5.31. The topological polar surface area (TPSA) is 36.4 Å². The molecule has 2 N–H and O–H groups in total. The van der Waals surface area contributed by atoms with Gasteiger partial charge in [-0.05, 0) is 81.2 Å². The van der Waals surface area contributed by atoms with E-state index in [1.165, 1.54) is 16.7 Å². The summed E-state index contributed by atoms with van der Waals surface area (Å²) in [5, 5.41) is 8.04. The second-order valence-corrected chi connectivity index (χ2v) is 6.29. The Morgan fingerprint density at radius 2 is 1.65 bits per heavy atom. The van der Waals surface area contributed by atoms with Crippen molar-refractivity contribution in [3.05, 3.63) is 64.2 Å². The number of nitrogens with one attached hydrogen (secondary N) is 2. The van der Waals surface area contributed by atoms with Crippen LogP contribution in [0.1, 0.15) is 34.7 Å². The molecule has 0 aliphatic heterocycles. The Balaban J connectivity index is 2.03. The highest BCUT2D eigenvalue weighted by atomic mass is 32.1. The number of thiocarbonyl (C=S) groups is 1. The average molecular weight is 325 g/mol. The lowest BCUT2D eigenvalue weighted by Gasteiger charge is -2.11. The summed E-state index contributed by atoms with van der Waals surface area (Å²) in [5.41, 5.74) is 10.8. The SMILES string of the molecule is CC(=NNC(=S)Nc1ccc(C)cc1C)c1ccc(C)c(C)c1. The highest BCUT2D eigenvalue weighted by Gasteiger charge is 2.03. The predicted octanol–water partition coefficient (Wildman–Crippen LogP) is 4.63. The largest absolute Gasteiger partial charge is 0.331 e. The molecule has 0 radical (unpaired) electrons. The van der Waals surface area contributed by atoms with Gasteiger partial charge >= 0.3 is 0 Å². The van der Waals surface area contributed by atoms with E-state index in [0.717, 1.165) is 22.5 Å². The first-order valence-electron chi connectivity index (χ1n) is 7.63. The fourth-order valence-electron chi connectivity index (χ4n) is 2.27. The van der Waals surface area contributed by atoms with Crippen LogP contribution in [-0.2, 0) is 0 Å². The van der Waals surface area contributed by atoms with Crippen molar-refractivity contribution < 1.29 is 0 Å². The van der Waals surface area contributed by atoms with Gasteiger partial charge in [-0.2, -0.15) is 5.10 Å². The molecule has 2 rings (SSSR count).